The molecule has 0 saturated heterocycles. The molecule has 32 heavy (non-hydrogen) atoms. The van der Waals surface area contributed by atoms with Crippen molar-refractivity contribution in [1.82, 2.24) is 4.90 Å². The van der Waals surface area contributed by atoms with Crippen LogP contribution in [0.3, 0.4) is 0 Å². The van der Waals surface area contributed by atoms with Gasteiger partial charge >= 0.3 is 29.6 Å². The number of nitrogens with zero attached hydrogens (tertiary/aromatic N) is 1. The smallest absolute Gasteiger partial charge is 0.548 e. The number of hydrogen-bond donors (Lipinski definition) is 5. The Morgan fingerprint density at radius 3 is 1.75 bits per heavy atom. The van der Waals surface area contributed by atoms with E-state index < -0.39 is 17.9 Å². The van der Waals surface area contributed by atoms with Gasteiger partial charge in [0, 0.05) is 76.7 Å². The Balaban J connectivity index is 0.00000363. The van der Waals surface area contributed by atoms with Crippen molar-refractivity contribution in [2.24, 2.45) is 0 Å². The van der Waals surface area contributed by atoms with E-state index in [4.69, 9.17) is 20.9 Å². The molecule has 1 aliphatic heterocycles. The predicted molar refractivity (Wildman–Crippen MR) is 123 cm³/mol. The number of carbonyl (C=O) groups excluding carboxylic acids is 2. The topological polar surface area (TPSA) is 107 Å². The van der Waals surface area contributed by atoms with E-state index in [0.717, 1.165) is 4.90 Å². The van der Waals surface area contributed by atoms with E-state index in [9.17, 15) is 14.7 Å². The molecule has 0 aromatic heterocycles. The Labute approximate surface area is 233 Å². The van der Waals surface area contributed by atoms with Gasteiger partial charge in [0.1, 0.15) is 0 Å². The molecular weight excluding hydrogens is 530 g/mol. The second-order valence-electron chi connectivity index (χ2n) is 6.30. The van der Waals surface area contributed by atoms with Gasteiger partial charge in [0.05, 0.1) is 12.0 Å². The van der Waals surface area contributed by atoms with Gasteiger partial charge in [-0.05, 0) is 41.8 Å². The summed E-state index contributed by atoms with van der Waals surface area (Å²) in [6.45, 7) is -0.0528. The van der Waals surface area contributed by atoms with Gasteiger partial charge in [-0.15, -0.1) is 0 Å². The SMILES string of the molecule is O=C([O-])C1Cc2cc(OS)c(OS)cc2CN1C(=O)c1cc(OS)c(OS)c(OS)c1.[Na+]. The number of rotatable bonds is 7. The Morgan fingerprint density at radius 1 is 0.812 bits per heavy atom. The fraction of sp³-hybridized carbons (Fsp3) is 0.176. The number of carboxylic acids is 1. The molecule has 9 nitrogen and oxygen atoms in total. The zero-order chi connectivity index (χ0) is 22.7. The van der Waals surface area contributed by atoms with Crippen molar-refractivity contribution in [3.05, 3.63) is 41.0 Å². The third-order valence-electron chi connectivity index (χ3n) is 4.68. The third-order valence-corrected chi connectivity index (χ3v) is 5.65. The van der Waals surface area contributed by atoms with Gasteiger partial charge in [-0.2, -0.15) is 0 Å². The largest absolute Gasteiger partial charge is 1.00 e. The van der Waals surface area contributed by atoms with Crippen LogP contribution in [0.15, 0.2) is 24.3 Å². The van der Waals surface area contributed by atoms with E-state index in [1.54, 1.807) is 12.1 Å². The van der Waals surface area contributed by atoms with Crippen LogP contribution in [-0.4, -0.2) is 22.8 Å². The first kappa shape index (κ1) is 27.4. The zero-order valence-corrected chi connectivity index (χ0v) is 22.7. The second-order valence-corrected chi connectivity index (χ2v) is 7.21. The zero-order valence-electron chi connectivity index (χ0n) is 16.3. The van der Waals surface area contributed by atoms with Crippen LogP contribution in [0.4, 0.5) is 0 Å². The van der Waals surface area contributed by atoms with E-state index in [1.165, 1.54) is 12.1 Å². The number of fused-ring (bicyclic) bond motifs is 1. The molecule has 1 atom stereocenters. The maximum absolute atomic E-state index is 13.3. The number of benzene rings is 2. The summed E-state index contributed by atoms with van der Waals surface area (Å²) in [4.78, 5) is 26.3. The van der Waals surface area contributed by atoms with E-state index in [0.29, 0.717) is 11.1 Å². The van der Waals surface area contributed by atoms with Gasteiger partial charge in [0.15, 0.2) is 23.0 Å². The van der Waals surface area contributed by atoms with Crippen molar-refractivity contribution in [1.29, 1.82) is 0 Å². The first-order valence-electron chi connectivity index (χ1n) is 8.31. The van der Waals surface area contributed by atoms with Crippen LogP contribution in [0, 0.1) is 0 Å². The molecule has 0 bridgehead atoms. The van der Waals surface area contributed by atoms with Crippen molar-refractivity contribution >= 4 is 76.4 Å². The predicted octanol–water partition coefficient (Wildman–Crippen LogP) is -0.874. The molecule has 0 fully saturated rings. The molecule has 2 aromatic rings. The Bertz CT molecular complexity index is 1000. The molecule has 15 heteroatoms. The fourth-order valence-corrected chi connectivity index (χ4v) is 3.99. The Kier molecular flexibility index (Phi) is 10.3. The van der Waals surface area contributed by atoms with Gasteiger partial charge in [0.2, 0.25) is 5.75 Å². The molecule has 1 heterocycles. The van der Waals surface area contributed by atoms with Gasteiger partial charge in [-0.3, -0.25) is 4.79 Å². The van der Waals surface area contributed by atoms with Gasteiger partial charge in [-0.1, -0.05) is 0 Å². The van der Waals surface area contributed by atoms with E-state index in [1.807, 2.05) is 0 Å². The van der Waals surface area contributed by atoms with Crippen LogP contribution in [0.5, 0.6) is 28.7 Å². The van der Waals surface area contributed by atoms with Crippen LogP contribution in [0.2, 0.25) is 0 Å². The van der Waals surface area contributed by atoms with Crippen molar-refractivity contribution in [2.75, 3.05) is 0 Å². The molecule has 2 aromatic carbocycles. The first-order chi connectivity index (χ1) is 14.9. The number of carbonyl (C=O) groups is 2. The molecule has 1 amide bonds. The summed E-state index contributed by atoms with van der Waals surface area (Å²) < 4.78 is 24.6. The summed E-state index contributed by atoms with van der Waals surface area (Å²) in [5.74, 6) is -1.50. The van der Waals surface area contributed by atoms with Crippen LogP contribution in [0.1, 0.15) is 21.5 Å². The minimum absolute atomic E-state index is 0. The van der Waals surface area contributed by atoms with Crippen LogP contribution < -0.4 is 55.6 Å². The average molecular weight is 544 g/mol. The molecule has 0 N–H and O–H groups in total. The molecule has 0 aliphatic carbocycles. The monoisotopic (exact) mass is 543 g/mol. The molecule has 0 radical (unpaired) electrons. The molecule has 1 unspecified atom stereocenters. The van der Waals surface area contributed by atoms with E-state index >= 15 is 0 Å². The average Bonchev–Trinajstić information content (AvgIpc) is 2.80. The maximum Gasteiger partial charge on any atom is 1.00 e. The summed E-state index contributed by atoms with van der Waals surface area (Å²) in [6, 6.07) is 4.52. The normalized spacial score (nSPS) is 14.5. The van der Waals surface area contributed by atoms with Crippen molar-refractivity contribution < 1.29 is 65.2 Å². The molecule has 3 rings (SSSR count). The van der Waals surface area contributed by atoms with Crippen molar-refractivity contribution in [2.45, 2.75) is 19.0 Å². The summed E-state index contributed by atoms with van der Waals surface area (Å²) in [5.41, 5.74) is 1.31. The number of amides is 1. The van der Waals surface area contributed by atoms with Crippen LogP contribution in [-0.2, 0) is 17.8 Å². The Hall–Kier alpha value is -0.870. The Morgan fingerprint density at radius 2 is 1.31 bits per heavy atom. The number of hydrogen-bond acceptors (Lipinski definition) is 13. The van der Waals surface area contributed by atoms with Crippen LogP contribution in [0.25, 0.3) is 0 Å². The van der Waals surface area contributed by atoms with Crippen LogP contribution >= 0.6 is 64.5 Å². The molecule has 1 aliphatic rings. The summed E-state index contributed by atoms with van der Waals surface area (Å²) in [5, 5.41) is 11.8. The van der Waals surface area contributed by atoms with Gasteiger partial charge < -0.3 is 35.7 Å². The van der Waals surface area contributed by atoms with Crippen molar-refractivity contribution in [3.63, 3.8) is 0 Å². The van der Waals surface area contributed by atoms with Gasteiger partial charge in [-0.25, -0.2) is 0 Å². The first-order valence-corrected chi connectivity index (χ1v) is 10.1. The molecule has 166 valence electrons. The minimum atomic E-state index is -1.42. The number of aliphatic carboxylic acids is 1. The van der Waals surface area contributed by atoms with E-state index in [-0.39, 0.29) is 76.8 Å². The maximum atomic E-state index is 13.3. The molecule has 0 spiro atoms. The van der Waals surface area contributed by atoms with E-state index in [2.05, 4.69) is 64.5 Å². The minimum Gasteiger partial charge on any atom is -0.548 e. The van der Waals surface area contributed by atoms with Crippen molar-refractivity contribution in [3.8, 4) is 28.7 Å². The summed E-state index contributed by atoms with van der Waals surface area (Å²) >= 11 is 18.7. The second kappa shape index (κ2) is 12.0. The number of thiol groups is 5. The van der Waals surface area contributed by atoms with Gasteiger partial charge in [0.25, 0.3) is 5.91 Å². The molecular formula is C17H14NNaO8S5. The third kappa shape index (κ3) is 5.43. The summed E-state index contributed by atoms with van der Waals surface area (Å²) in [6.07, 6.45) is -0.0237. The standard InChI is InChI=1S/C17H15NO8S5.Na/c19-16(8-3-13(24-29)15(26-31)14(4-8)25-30)18-6-9-5-12(23-28)11(22-27)2-7(9)1-10(18)17(20)21;/h2-5,10,27-31H,1,6H2,(H,20,21);/q;+1/p-1. The molecule has 0 saturated carbocycles. The number of carboxylic acid groups (broad SMARTS) is 1. The fourth-order valence-electron chi connectivity index (χ4n) is 3.25. The quantitative estimate of drug-likeness (QED) is 0.174. The summed E-state index contributed by atoms with van der Waals surface area (Å²) in [7, 11) is 0.